The van der Waals surface area contributed by atoms with Crippen molar-refractivity contribution in [1.82, 2.24) is 0 Å². The lowest BCUT2D eigenvalue weighted by Gasteiger charge is -2.37. The van der Waals surface area contributed by atoms with Crippen LogP contribution in [0.2, 0.25) is 0 Å². The molecule has 0 bridgehead atoms. The van der Waals surface area contributed by atoms with Crippen LogP contribution in [-0.2, 0) is 20.7 Å². The second-order valence-electron chi connectivity index (χ2n) is 11.5. The third kappa shape index (κ3) is 10.7. The molecule has 0 radical (unpaired) electrons. The summed E-state index contributed by atoms with van der Waals surface area (Å²) in [5.74, 6) is 3.03. The van der Waals surface area contributed by atoms with E-state index in [1.165, 1.54) is 75.8 Å². The first-order valence-corrected chi connectivity index (χ1v) is 15.2. The van der Waals surface area contributed by atoms with Crippen LogP contribution >= 0.6 is 0 Å². The molecule has 0 aliphatic heterocycles. The fourth-order valence-corrected chi connectivity index (χ4v) is 6.40. The van der Waals surface area contributed by atoms with E-state index in [0.29, 0.717) is 12.4 Å². The number of ether oxygens (including phenoxy) is 2. The molecular formula is C33H50O4. The van der Waals surface area contributed by atoms with Crippen LogP contribution in [0.15, 0.2) is 36.9 Å². The van der Waals surface area contributed by atoms with Crippen molar-refractivity contribution in [1.29, 1.82) is 0 Å². The first kappa shape index (κ1) is 29.5. The predicted molar refractivity (Wildman–Crippen MR) is 150 cm³/mol. The molecule has 0 atom stereocenters. The van der Waals surface area contributed by atoms with Gasteiger partial charge in [-0.2, -0.15) is 0 Å². The summed E-state index contributed by atoms with van der Waals surface area (Å²) in [6, 6.07) is 8.02. The van der Waals surface area contributed by atoms with Crippen molar-refractivity contribution in [3.05, 3.63) is 42.5 Å². The first-order chi connectivity index (χ1) is 18.1. The fourth-order valence-electron chi connectivity index (χ4n) is 6.40. The molecule has 4 nitrogen and oxygen atoms in total. The Hall–Kier alpha value is -2.10. The lowest BCUT2D eigenvalue weighted by Crippen LogP contribution is -2.30. The smallest absolute Gasteiger partial charge is 0.330 e. The van der Waals surface area contributed by atoms with E-state index in [0.717, 1.165) is 62.7 Å². The van der Waals surface area contributed by atoms with Gasteiger partial charge in [0.15, 0.2) is 0 Å². The molecule has 206 valence electrons. The number of carbonyl (C=O) groups is 2. The Morgan fingerprint density at radius 3 is 2.14 bits per heavy atom. The molecule has 2 aliphatic rings. The van der Waals surface area contributed by atoms with Crippen LogP contribution in [0.5, 0.6) is 5.75 Å². The molecule has 0 aromatic heterocycles. The van der Waals surface area contributed by atoms with Crippen LogP contribution in [0.1, 0.15) is 115 Å². The maximum absolute atomic E-state index is 12.8. The summed E-state index contributed by atoms with van der Waals surface area (Å²) in [4.78, 5) is 23.8. The minimum absolute atomic E-state index is 0.0389. The number of benzene rings is 1. The molecule has 3 rings (SSSR count). The summed E-state index contributed by atoms with van der Waals surface area (Å²) >= 11 is 0. The predicted octanol–water partition coefficient (Wildman–Crippen LogP) is 8.62. The van der Waals surface area contributed by atoms with E-state index in [1.54, 1.807) is 0 Å². The van der Waals surface area contributed by atoms with Gasteiger partial charge in [-0.05, 0) is 93.2 Å². The number of carbonyl (C=O) groups excluding carboxylic acids is 2. The van der Waals surface area contributed by atoms with Gasteiger partial charge in [0.25, 0.3) is 0 Å². The van der Waals surface area contributed by atoms with Crippen molar-refractivity contribution >= 4 is 11.9 Å². The van der Waals surface area contributed by atoms with Crippen molar-refractivity contribution in [2.75, 3.05) is 6.61 Å². The highest BCUT2D eigenvalue weighted by atomic mass is 16.5. The van der Waals surface area contributed by atoms with Gasteiger partial charge in [-0.1, -0.05) is 77.0 Å². The zero-order valence-electron chi connectivity index (χ0n) is 23.3. The van der Waals surface area contributed by atoms with Gasteiger partial charge in [-0.15, -0.1) is 0 Å². The summed E-state index contributed by atoms with van der Waals surface area (Å²) < 4.78 is 10.8. The summed E-state index contributed by atoms with van der Waals surface area (Å²) in [5.41, 5.74) is 1.26. The summed E-state index contributed by atoms with van der Waals surface area (Å²) in [7, 11) is 0. The molecule has 2 saturated carbocycles. The second-order valence-corrected chi connectivity index (χ2v) is 11.5. The van der Waals surface area contributed by atoms with Crippen LogP contribution in [0.25, 0.3) is 0 Å². The van der Waals surface area contributed by atoms with Gasteiger partial charge in [0.1, 0.15) is 5.75 Å². The highest BCUT2D eigenvalue weighted by molar-refractivity contribution is 5.81. The third-order valence-corrected chi connectivity index (χ3v) is 8.79. The largest absolute Gasteiger partial charge is 0.463 e. The van der Waals surface area contributed by atoms with Crippen LogP contribution < -0.4 is 4.74 Å². The highest BCUT2D eigenvalue weighted by Gasteiger charge is 2.33. The SMILES string of the molecule is C=CC(=O)OCCCCCCc1ccc(OC(=O)C2CCC(C3CCC(CCCCC)CC3)CC2)cc1. The quantitative estimate of drug-likeness (QED) is 0.103. The number of hydrogen-bond acceptors (Lipinski definition) is 4. The molecule has 0 spiro atoms. The normalized spacial score (nSPS) is 23.8. The van der Waals surface area contributed by atoms with Crippen molar-refractivity contribution < 1.29 is 19.1 Å². The van der Waals surface area contributed by atoms with Crippen molar-refractivity contribution in [2.45, 2.75) is 116 Å². The molecule has 0 unspecified atom stereocenters. The van der Waals surface area contributed by atoms with E-state index in [2.05, 4.69) is 25.6 Å². The number of rotatable bonds is 15. The lowest BCUT2D eigenvalue weighted by atomic mass is 9.68. The van der Waals surface area contributed by atoms with Gasteiger partial charge in [0, 0.05) is 6.08 Å². The van der Waals surface area contributed by atoms with Crippen molar-refractivity contribution in [2.24, 2.45) is 23.7 Å². The standard InChI is InChI=1S/C33H50O4/c1-3-5-8-11-26-13-17-28(18-14-26)29-19-21-30(22-20-29)33(35)37-31-23-15-27(16-24-31)12-9-6-7-10-25-36-32(34)4-2/h4,15-16,23-24,26,28-30H,2-3,5-14,17-22,25H2,1H3. The maximum atomic E-state index is 12.8. The lowest BCUT2D eigenvalue weighted by molar-refractivity contribution is -0.140. The first-order valence-electron chi connectivity index (χ1n) is 15.2. The van der Waals surface area contributed by atoms with E-state index in [4.69, 9.17) is 9.47 Å². The summed E-state index contributed by atoms with van der Waals surface area (Å²) in [6.45, 7) is 6.15. The topological polar surface area (TPSA) is 52.6 Å². The number of esters is 2. The second kappa shape index (κ2) is 16.7. The molecule has 2 fully saturated rings. The number of aryl methyl sites for hydroxylation is 1. The Balaban J connectivity index is 1.28. The van der Waals surface area contributed by atoms with Crippen molar-refractivity contribution in [3.8, 4) is 5.75 Å². The van der Waals surface area contributed by atoms with Gasteiger partial charge in [0.05, 0.1) is 12.5 Å². The Kier molecular flexibility index (Phi) is 13.3. The van der Waals surface area contributed by atoms with Gasteiger partial charge in [0.2, 0.25) is 0 Å². The van der Waals surface area contributed by atoms with Crippen LogP contribution in [0, 0.1) is 23.7 Å². The molecule has 1 aromatic rings. The molecule has 4 heteroatoms. The van der Waals surface area contributed by atoms with Gasteiger partial charge < -0.3 is 9.47 Å². The van der Waals surface area contributed by atoms with Crippen LogP contribution in [0.4, 0.5) is 0 Å². The molecule has 0 N–H and O–H groups in total. The monoisotopic (exact) mass is 510 g/mol. The van der Waals surface area contributed by atoms with E-state index in [9.17, 15) is 9.59 Å². The molecule has 0 amide bonds. The van der Waals surface area contributed by atoms with Gasteiger partial charge in [-0.3, -0.25) is 4.79 Å². The van der Waals surface area contributed by atoms with E-state index < -0.39 is 0 Å². The van der Waals surface area contributed by atoms with E-state index >= 15 is 0 Å². The molecule has 2 aliphatic carbocycles. The van der Waals surface area contributed by atoms with Crippen LogP contribution in [-0.4, -0.2) is 18.5 Å². The fraction of sp³-hybridized carbons (Fsp3) is 0.697. The van der Waals surface area contributed by atoms with Crippen molar-refractivity contribution in [3.63, 3.8) is 0 Å². The van der Waals surface area contributed by atoms with Gasteiger partial charge in [-0.25, -0.2) is 4.79 Å². The molecule has 1 aromatic carbocycles. The van der Waals surface area contributed by atoms with Crippen LogP contribution in [0.3, 0.4) is 0 Å². The highest BCUT2D eigenvalue weighted by Crippen LogP contribution is 2.42. The zero-order valence-corrected chi connectivity index (χ0v) is 23.3. The maximum Gasteiger partial charge on any atom is 0.330 e. The molecule has 37 heavy (non-hydrogen) atoms. The Morgan fingerprint density at radius 2 is 1.49 bits per heavy atom. The summed E-state index contributed by atoms with van der Waals surface area (Å²) in [5, 5.41) is 0. The zero-order chi connectivity index (χ0) is 26.3. The number of unbranched alkanes of at least 4 members (excludes halogenated alkanes) is 5. The number of hydrogen-bond donors (Lipinski definition) is 0. The van der Waals surface area contributed by atoms with E-state index in [-0.39, 0.29) is 17.9 Å². The Bertz CT molecular complexity index is 798. The summed E-state index contributed by atoms with van der Waals surface area (Å²) in [6.07, 6.45) is 22.0. The Morgan fingerprint density at radius 1 is 0.838 bits per heavy atom. The minimum Gasteiger partial charge on any atom is -0.463 e. The minimum atomic E-state index is -0.348. The van der Waals surface area contributed by atoms with E-state index in [1.807, 2.05) is 12.1 Å². The average Bonchev–Trinajstić information content (AvgIpc) is 2.94. The third-order valence-electron chi connectivity index (χ3n) is 8.79. The Labute approximate surface area is 225 Å². The molecule has 0 saturated heterocycles. The average molecular weight is 511 g/mol. The van der Waals surface area contributed by atoms with Gasteiger partial charge >= 0.3 is 11.9 Å². The molecular weight excluding hydrogens is 460 g/mol. The molecule has 0 heterocycles.